The van der Waals surface area contributed by atoms with Gasteiger partial charge in [0.1, 0.15) is 42.3 Å². The van der Waals surface area contributed by atoms with Crippen molar-refractivity contribution in [3.8, 4) is 0 Å². The number of aliphatic hydroxyl groups is 2. The number of rotatable bonds is 13. The summed E-state index contributed by atoms with van der Waals surface area (Å²) in [5.41, 5.74) is 6.48. The average Bonchev–Trinajstić information content (AvgIpc) is 3.44. The molecule has 79 heavy (non-hydrogen) atoms. The molecular weight excluding hydrogens is 1020 g/mol. The maximum absolute atomic E-state index is 14.6. The molecule has 3 fully saturated rings. The van der Waals surface area contributed by atoms with E-state index in [9.17, 15) is 48.6 Å². The number of methoxy groups -OCH3 is 3. The lowest BCUT2D eigenvalue weighted by molar-refractivity contribution is -0.265. The van der Waals surface area contributed by atoms with Crippen LogP contribution in [0.3, 0.4) is 0 Å². The number of alkyl carbamates (subject to hydrolysis) is 1. The number of ketones is 3. The van der Waals surface area contributed by atoms with Gasteiger partial charge in [-0.1, -0.05) is 71.1 Å². The topological polar surface area (TPSA) is 283 Å². The number of primary amides is 1. The van der Waals surface area contributed by atoms with E-state index >= 15 is 0 Å². The van der Waals surface area contributed by atoms with Crippen LogP contribution < -0.4 is 11.1 Å². The Morgan fingerprint density at radius 1 is 0.886 bits per heavy atom. The molecule has 0 aromatic rings. The number of esters is 2. The number of cyclic esters (lactones) is 1. The van der Waals surface area contributed by atoms with Gasteiger partial charge in [-0.05, 0) is 120 Å². The Kier molecular flexibility index (Phi) is 26.7. The molecule has 20 heteroatoms. The number of Topliss-reactive ketones (excluding diaryl/α,β-unsaturated/α-hetero) is 3. The van der Waals surface area contributed by atoms with E-state index < -0.39 is 120 Å². The van der Waals surface area contributed by atoms with Crippen LogP contribution in [-0.4, -0.2) is 157 Å². The summed E-state index contributed by atoms with van der Waals surface area (Å²) < 4.78 is 40.6. The van der Waals surface area contributed by atoms with E-state index in [0.717, 1.165) is 10.5 Å². The fourth-order valence-electron chi connectivity index (χ4n) is 11.3. The van der Waals surface area contributed by atoms with Crippen molar-refractivity contribution in [1.29, 1.82) is 0 Å². The normalized spacial score (nSPS) is 35.5. The zero-order valence-electron chi connectivity index (χ0n) is 48.5. The lowest BCUT2D eigenvalue weighted by Gasteiger charge is -2.42. The smallest absolute Gasteiger partial charge is 0.408 e. The Labute approximate surface area is 466 Å². The second kappa shape index (κ2) is 31.8. The van der Waals surface area contributed by atoms with Gasteiger partial charge in [-0.3, -0.25) is 24.0 Å². The summed E-state index contributed by atoms with van der Waals surface area (Å²) in [6, 6.07) is -2.40. The van der Waals surface area contributed by atoms with E-state index in [0.29, 0.717) is 63.4 Å². The standard InChI is InChI=1S/C59H91N3O17/c1-12-76-56(69)43(24-26-50(60)64)61-58(71)78-46-25-22-41(31-49(46)74-10)30-37(5)48-33-45(63)36(4)29-39(7)52(66)53(75-11)51(65)38(6)28-34(2)18-14-13-15-19-35(3)47(73-9)32-42-23-21-40(8)59(72,79-42)54(67)55(68)62-27-17-16-20-44(62)57(70)77-48/h13-15,18-19,29,34,36-38,40-44,46-49,52-53,66,72H,12,16-17,20-28,30-33H2,1-11H3,(H2,60,64)(H,61,71)/b15-13+,18-14+,35-19+,39-29+/t34?,36?,37?,38-,40-,41?,42?,43?,44+,46-,47?,48?,49?,52-,53?,59-/m1/s1. The number of carbonyl (C=O) groups is 8. The first kappa shape index (κ1) is 66.4. The fourth-order valence-corrected chi connectivity index (χ4v) is 11.3. The first-order chi connectivity index (χ1) is 37.4. The SMILES string of the molecule is CCOC(=O)C(CCC(N)=O)NC(=O)O[C@@H]1CCC(CC(C)C2CC(=O)C(C)/C=C(\C)[C@@H](O)C(OC)C(=O)[C@H](C)CC(C)/C=C/C=C/C=C(\C)C(OC)CC3CC[C@@H](C)[C@@](O)(O3)C(=O)C(=O)N3CCCC[C@H]3C(=O)O2)CC1OC. The predicted octanol–water partition coefficient (Wildman–Crippen LogP) is 6.11. The molecule has 0 aromatic carbocycles. The fraction of sp³-hybridized carbons (Fsp3) is 0.729. The molecule has 10 unspecified atom stereocenters. The number of aliphatic hydroxyl groups excluding tert-OH is 1. The molecule has 2 bridgehead atoms. The molecule has 0 aromatic heterocycles. The Hall–Kier alpha value is -5.12. The van der Waals surface area contributed by atoms with Gasteiger partial charge in [0.25, 0.3) is 11.7 Å². The molecule has 1 saturated carbocycles. The summed E-state index contributed by atoms with van der Waals surface area (Å²) in [5.74, 6) is -10.3. The van der Waals surface area contributed by atoms with Gasteiger partial charge in [0, 0.05) is 64.9 Å². The largest absolute Gasteiger partial charge is 0.464 e. The highest BCUT2D eigenvalue weighted by molar-refractivity contribution is 6.39. The van der Waals surface area contributed by atoms with Crippen molar-refractivity contribution in [2.24, 2.45) is 41.2 Å². The predicted molar refractivity (Wildman–Crippen MR) is 291 cm³/mol. The molecule has 3 aliphatic heterocycles. The third-order valence-corrected chi connectivity index (χ3v) is 16.3. The average molecular weight is 1110 g/mol. The second-order valence-electron chi connectivity index (χ2n) is 22.4. The van der Waals surface area contributed by atoms with Gasteiger partial charge in [0.2, 0.25) is 11.7 Å². The zero-order chi connectivity index (χ0) is 58.7. The highest BCUT2D eigenvalue weighted by Crippen LogP contribution is 2.38. The number of hydrogen-bond donors (Lipinski definition) is 4. The molecule has 4 rings (SSSR count). The van der Waals surface area contributed by atoms with Crippen molar-refractivity contribution in [3.63, 3.8) is 0 Å². The van der Waals surface area contributed by atoms with Crippen LogP contribution >= 0.6 is 0 Å². The maximum atomic E-state index is 14.6. The van der Waals surface area contributed by atoms with Crippen molar-refractivity contribution in [3.05, 3.63) is 47.6 Å². The maximum Gasteiger partial charge on any atom is 0.408 e. The summed E-state index contributed by atoms with van der Waals surface area (Å²) in [7, 11) is 4.39. The monoisotopic (exact) mass is 1110 g/mol. The summed E-state index contributed by atoms with van der Waals surface area (Å²) in [6.07, 6.45) is 8.02. The summed E-state index contributed by atoms with van der Waals surface area (Å²) >= 11 is 0. The number of carbonyl (C=O) groups excluding carboxylic acids is 8. The summed E-state index contributed by atoms with van der Waals surface area (Å²) in [6.45, 7) is 14.1. The summed E-state index contributed by atoms with van der Waals surface area (Å²) in [5, 5.41) is 26.1. The lowest BCUT2D eigenvalue weighted by Crippen LogP contribution is -2.61. The van der Waals surface area contributed by atoms with E-state index in [-0.39, 0.29) is 68.7 Å². The third kappa shape index (κ3) is 19.0. The molecule has 5 N–H and O–H groups in total. The van der Waals surface area contributed by atoms with Gasteiger partial charge >= 0.3 is 18.0 Å². The van der Waals surface area contributed by atoms with Crippen LogP contribution in [0.4, 0.5) is 4.79 Å². The number of fused-ring (bicyclic) bond motifs is 3. The van der Waals surface area contributed by atoms with Gasteiger partial charge in [-0.25, -0.2) is 14.4 Å². The van der Waals surface area contributed by atoms with Crippen molar-refractivity contribution in [1.82, 2.24) is 10.2 Å². The minimum atomic E-state index is -2.49. The van der Waals surface area contributed by atoms with Crippen LogP contribution in [0.15, 0.2) is 47.6 Å². The Morgan fingerprint density at radius 2 is 1.61 bits per heavy atom. The lowest BCUT2D eigenvalue weighted by atomic mass is 9.78. The van der Waals surface area contributed by atoms with E-state index in [1.54, 1.807) is 47.8 Å². The molecule has 0 radical (unpaired) electrons. The van der Waals surface area contributed by atoms with Crippen LogP contribution in [0.25, 0.3) is 0 Å². The van der Waals surface area contributed by atoms with Gasteiger partial charge < -0.3 is 59.3 Å². The van der Waals surface area contributed by atoms with Crippen molar-refractivity contribution in [2.75, 3.05) is 34.5 Å². The molecule has 4 aliphatic rings. The van der Waals surface area contributed by atoms with Crippen molar-refractivity contribution >= 4 is 47.2 Å². The molecular formula is C59H91N3O17. The van der Waals surface area contributed by atoms with E-state index in [1.165, 1.54) is 14.2 Å². The third-order valence-electron chi connectivity index (χ3n) is 16.3. The number of amides is 3. The first-order valence-corrected chi connectivity index (χ1v) is 28.3. The molecule has 0 spiro atoms. The summed E-state index contributed by atoms with van der Waals surface area (Å²) in [4.78, 5) is 110. The Balaban J connectivity index is 1.66. The van der Waals surface area contributed by atoms with Crippen LogP contribution in [0.5, 0.6) is 0 Å². The minimum absolute atomic E-state index is 0.0190. The van der Waals surface area contributed by atoms with Crippen molar-refractivity contribution < 1.29 is 81.7 Å². The first-order valence-electron chi connectivity index (χ1n) is 28.3. The van der Waals surface area contributed by atoms with E-state index in [1.807, 2.05) is 51.2 Å². The molecule has 16 atom stereocenters. The van der Waals surface area contributed by atoms with Crippen LogP contribution in [0.2, 0.25) is 0 Å². The number of nitrogens with zero attached hydrogens (tertiary/aromatic N) is 1. The Morgan fingerprint density at radius 3 is 2.27 bits per heavy atom. The molecule has 20 nitrogen and oxygen atoms in total. The minimum Gasteiger partial charge on any atom is -0.464 e. The number of piperidine rings is 1. The molecule has 2 saturated heterocycles. The van der Waals surface area contributed by atoms with Crippen LogP contribution in [0.1, 0.15) is 145 Å². The number of ether oxygens (including phenoxy) is 7. The van der Waals surface area contributed by atoms with Gasteiger partial charge in [-0.15, -0.1) is 0 Å². The highest BCUT2D eigenvalue weighted by atomic mass is 16.6. The molecule has 444 valence electrons. The number of nitrogens with one attached hydrogen (secondary N) is 1. The van der Waals surface area contributed by atoms with Gasteiger partial charge in [0.15, 0.2) is 5.78 Å². The van der Waals surface area contributed by atoms with E-state index in [2.05, 4.69) is 5.32 Å². The van der Waals surface area contributed by atoms with Crippen LogP contribution in [-0.2, 0) is 66.7 Å². The van der Waals surface area contributed by atoms with Gasteiger partial charge in [0.05, 0.1) is 24.9 Å². The van der Waals surface area contributed by atoms with Crippen molar-refractivity contribution in [2.45, 2.75) is 206 Å². The number of hydrogen-bond acceptors (Lipinski definition) is 17. The zero-order valence-corrected chi connectivity index (χ0v) is 48.5. The molecule has 3 amide bonds. The highest BCUT2D eigenvalue weighted by Gasteiger charge is 2.53. The molecule has 3 heterocycles. The Bertz CT molecular complexity index is 2230. The quantitative estimate of drug-likeness (QED) is 0.0700. The second-order valence-corrected chi connectivity index (χ2v) is 22.4. The van der Waals surface area contributed by atoms with E-state index in [4.69, 9.17) is 38.9 Å². The number of allylic oxidation sites excluding steroid dienone is 6. The molecule has 1 aliphatic carbocycles. The van der Waals surface area contributed by atoms with Gasteiger partial charge in [-0.2, -0.15) is 0 Å². The number of nitrogens with two attached hydrogens (primary N) is 1. The van der Waals surface area contributed by atoms with Crippen LogP contribution in [0, 0.1) is 35.5 Å².